The molecule has 0 unspecified atom stereocenters. The number of fused-ring (bicyclic) bond motifs is 1. The van der Waals surface area contributed by atoms with Crippen LogP contribution in [0.2, 0.25) is 0 Å². The summed E-state index contributed by atoms with van der Waals surface area (Å²) in [5.74, 6) is -0.583. The van der Waals surface area contributed by atoms with Crippen LogP contribution < -0.4 is 0 Å². The topological polar surface area (TPSA) is 83.1 Å². The molecule has 98 valence electrons. The molecule has 0 radical (unpaired) electrons. The molecule has 1 heterocycles. The molecule has 5 nitrogen and oxygen atoms in total. The minimum absolute atomic E-state index is 0.337. The lowest BCUT2D eigenvalue weighted by Crippen LogP contribution is -1.96. The smallest absolute Gasteiger partial charge is 0.328 e. The second-order valence-corrected chi connectivity index (χ2v) is 4.20. The van der Waals surface area contributed by atoms with Crippen LogP contribution in [0.15, 0.2) is 30.4 Å². The first kappa shape index (κ1) is 13.0. The maximum Gasteiger partial charge on any atom is 0.328 e. The minimum Gasteiger partial charge on any atom is -0.478 e. The van der Waals surface area contributed by atoms with Gasteiger partial charge in [-0.25, -0.2) is 9.78 Å². The first-order chi connectivity index (χ1) is 9.10. The third-order valence-electron chi connectivity index (χ3n) is 2.68. The highest BCUT2D eigenvalue weighted by atomic mass is 16.4. The van der Waals surface area contributed by atoms with Gasteiger partial charge in [0.2, 0.25) is 0 Å². The zero-order chi connectivity index (χ0) is 13.8. The molecule has 5 heteroatoms. The Morgan fingerprint density at radius 3 is 2.84 bits per heavy atom. The first-order valence-corrected chi connectivity index (χ1v) is 6.04. The zero-order valence-corrected chi connectivity index (χ0v) is 10.5. The number of nitrogens with one attached hydrogen (secondary N) is 1. The van der Waals surface area contributed by atoms with Crippen LogP contribution in [-0.4, -0.2) is 26.8 Å². The van der Waals surface area contributed by atoms with Gasteiger partial charge in [0, 0.05) is 18.1 Å². The molecule has 2 aromatic rings. The number of imidazole rings is 1. The number of nitrogens with zero attached hydrogens (tertiary/aromatic N) is 1. The van der Waals surface area contributed by atoms with Gasteiger partial charge >= 0.3 is 5.97 Å². The van der Waals surface area contributed by atoms with Gasteiger partial charge < -0.3 is 10.1 Å². The Balaban J connectivity index is 2.30. The lowest BCUT2D eigenvalue weighted by atomic mass is 10.1. The fourth-order valence-electron chi connectivity index (χ4n) is 1.81. The fraction of sp³-hybridized carbons (Fsp3) is 0.214. The molecule has 1 aromatic carbocycles. The van der Waals surface area contributed by atoms with E-state index in [-0.39, 0.29) is 5.78 Å². The third-order valence-corrected chi connectivity index (χ3v) is 2.68. The standard InChI is InChI=1S/C14H14N2O3/c1-2-3-13-15-10-5-4-9(8-11(10)16-13)12(17)6-7-14(18)19/h4-8H,2-3H2,1H3,(H,15,16)(H,18,19)/b7-6+. The van der Waals surface area contributed by atoms with Crippen LogP contribution in [0.5, 0.6) is 0 Å². The van der Waals surface area contributed by atoms with Crippen molar-refractivity contribution in [2.45, 2.75) is 19.8 Å². The van der Waals surface area contributed by atoms with Gasteiger partial charge in [-0.15, -0.1) is 0 Å². The average Bonchev–Trinajstić information content (AvgIpc) is 2.77. The molecule has 0 atom stereocenters. The number of carboxylic acids is 1. The number of aromatic nitrogens is 2. The summed E-state index contributed by atoms with van der Waals surface area (Å²) in [4.78, 5) is 29.7. The van der Waals surface area contributed by atoms with Crippen molar-refractivity contribution in [3.8, 4) is 0 Å². The molecule has 1 aromatic heterocycles. The Bertz CT molecular complexity index is 656. The number of aryl methyl sites for hydroxylation is 1. The highest BCUT2D eigenvalue weighted by Crippen LogP contribution is 2.15. The number of benzene rings is 1. The molecule has 0 aliphatic carbocycles. The van der Waals surface area contributed by atoms with E-state index in [0.717, 1.165) is 41.9 Å². The van der Waals surface area contributed by atoms with E-state index >= 15 is 0 Å². The molecule has 0 aliphatic heterocycles. The van der Waals surface area contributed by atoms with Crippen molar-refractivity contribution in [2.24, 2.45) is 0 Å². The maximum absolute atomic E-state index is 11.7. The molecule has 0 saturated carbocycles. The van der Waals surface area contributed by atoms with Crippen LogP contribution >= 0.6 is 0 Å². The van der Waals surface area contributed by atoms with Crippen LogP contribution in [0.3, 0.4) is 0 Å². The second-order valence-electron chi connectivity index (χ2n) is 4.20. The van der Waals surface area contributed by atoms with E-state index < -0.39 is 5.97 Å². The van der Waals surface area contributed by atoms with Crippen LogP contribution in [0.1, 0.15) is 29.5 Å². The number of carbonyl (C=O) groups excluding carboxylic acids is 1. The summed E-state index contributed by atoms with van der Waals surface area (Å²) in [6.07, 6.45) is 3.73. The van der Waals surface area contributed by atoms with Crippen molar-refractivity contribution in [1.82, 2.24) is 9.97 Å². The number of aromatic amines is 1. The van der Waals surface area contributed by atoms with Crippen molar-refractivity contribution in [2.75, 3.05) is 0 Å². The van der Waals surface area contributed by atoms with Crippen molar-refractivity contribution in [1.29, 1.82) is 0 Å². The monoisotopic (exact) mass is 258 g/mol. The van der Waals surface area contributed by atoms with Gasteiger partial charge in [0.1, 0.15) is 5.82 Å². The number of aliphatic carboxylic acids is 1. The number of rotatable bonds is 5. The molecular formula is C14H14N2O3. The predicted octanol–water partition coefficient (Wildman–Crippen LogP) is 2.34. The van der Waals surface area contributed by atoms with E-state index in [1.165, 1.54) is 0 Å². The van der Waals surface area contributed by atoms with E-state index in [9.17, 15) is 9.59 Å². The molecule has 2 rings (SSSR count). The Morgan fingerprint density at radius 2 is 2.16 bits per heavy atom. The van der Waals surface area contributed by atoms with E-state index in [1.54, 1.807) is 18.2 Å². The van der Waals surface area contributed by atoms with Gasteiger partial charge in [0.15, 0.2) is 5.78 Å². The minimum atomic E-state index is -1.14. The molecule has 0 aliphatic rings. The van der Waals surface area contributed by atoms with Crippen LogP contribution in [-0.2, 0) is 11.2 Å². The average molecular weight is 258 g/mol. The van der Waals surface area contributed by atoms with Gasteiger partial charge in [-0.05, 0) is 30.7 Å². The van der Waals surface area contributed by atoms with Crippen LogP contribution in [0.25, 0.3) is 11.0 Å². The molecule has 0 bridgehead atoms. The predicted molar refractivity (Wildman–Crippen MR) is 71.2 cm³/mol. The number of ketones is 1. The molecule has 0 fully saturated rings. The summed E-state index contributed by atoms with van der Waals surface area (Å²) in [6.45, 7) is 2.07. The van der Waals surface area contributed by atoms with Gasteiger partial charge in [0.05, 0.1) is 11.0 Å². The van der Waals surface area contributed by atoms with E-state index in [1.807, 2.05) is 0 Å². The fourth-order valence-corrected chi connectivity index (χ4v) is 1.81. The van der Waals surface area contributed by atoms with Crippen LogP contribution in [0.4, 0.5) is 0 Å². The number of hydrogen-bond donors (Lipinski definition) is 2. The van der Waals surface area contributed by atoms with Crippen LogP contribution in [0, 0.1) is 0 Å². The summed E-state index contributed by atoms with van der Waals surface area (Å²) in [6, 6.07) is 5.09. The van der Waals surface area contributed by atoms with E-state index in [4.69, 9.17) is 5.11 Å². The summed E-state index contributed by atoms with van der Waals surface area (Å²) in [5.41, 5.74) is 2.04. The zero-order valence-electron chi connectivity index (χ0n) is 10.5. The Morgan fingerprint density at radius 1 is 1.37 bits per heavy atom. The van der Waals surface area contributed by atoms with Crippen molar-refractivity contribution >= 4 is 22.8 Å². The summed E-state index contributed by atoms with van der Waals surface area (Å²) in [7, 11) is 0. The highest BCUT2D eigenvalue weighted by molar-refractivity contribution is 6.08. The number of carbonyl (C=O) groups is 2. The van der Waals surface area contributed by atoms with Gasteiger partial charge in [-0.1, -0.05) is 6.92 Å². The molecule has 0 spiro atoms. The highest BCUT2D eigenvalue weighted by Gasteiger charge is 2.07. The maximum atomic E-state index is 11.7. The Kier molecular flexibility index (Phi) is 3.75. The van der Waals surface area contributed by atoms with Crippen molar-refractivity contribution in [3.05, 3.63) is 41.7 Å². The SMILES string of the molecule is CCCc1nc2ccc(C(=O)/C=C/C(=O)O)cc2[nH]1. The lowest BCUT2D eigenvalue weighted by Gasteiger charge is -1.95. The van der Waals surface area contributed by atoms with E-state index in [2.05, 4.69) is 16.9 Å². The summed E-state index contributed by atoms with van der Waals surface area (Å²) >= 11 is 0. The molecule has 0 amide bonds. The Labute approximate surface area is 110 Å². The molecular weight excluding hydrogens is 244 g/mol. The van der Waals surface area contributed by atoms with E-state index in [0.29, 0.717) is 5.56 Å². The lowest BCUT2D eigenvalue weighted by molar-refractivity contribution is -0.131. The van der Waals surface area contributed by atoms with Gasteiger partial charge in [-0.2, -0.15) is 0 Å². The van der Waals surface area contributed by atoms with Gasteiger partial charge in [0.25, 0.3) is 0 Å². The normalized spacial score (nSPS) is 11.2. The van der Waals surface area contributed by atoms with Gasteiger partial charge in [-0.3, -0.25) is 4.79 Å². The number of hydrogen-bond acceptors (Lipinski definition) is 3. The second kappa shape index (κ2) is 5.48. The molecule has 2 N–H and O–H groups in total. The van der Waals surface area contributed by atoms with Crippen molar-refractivity contribution < 1.29 is 14.7 Å². The molecule has 19 heavy (non-hydrogen) atoms. The van der Waals surface area contributed by atoms with Crippen molar-refractivity contribution in [3.63, 3.8) is 0 Å². The number of carboxylic acid groups (broad SMARTS) is 1. The number of H-pyrrole nitrogens is 1. The number of allylic oxidation sites excluding steroid dienone is 1. The quantitative estimate of drug-likeness (QED) is 0.637. The third kappa shape index (κ3) is 3.07. The summed E-state index contributed by atoms with van der Waals surface area (Å²) < 4.78 is 0. The largest absolute Gasteiger partial charge is 0.478 e. The molecule has 0 saturated heterocycles. The Hall–Kier alpha value is -2.43. The summed E-state index contributed by atoms with van der Waals surface area (Å²) in [5, 5.41) is 8.49. The first-order valence-electron chi connectivity index (χ1n) is 6.04.